The number of carboxylic acids is 1. The number of carboxylic acid groups (broad SMARTS) is 1. The predicted octanol–water partition coefficient (Wildman–Crippen LogP) is 1.84. The van der Waals surface area contributed by atoms with Crippen molar-refractivity contribution >= 4 is 17.6 Å². The molecule has 0 radical (unpaired) electrons. The molecule has 6 nitrogen and oxygen atoms in total. The van der Waals surface area contributed by atoms with Crippen molar-refractivity contribution < 1.29 is 19.4 Å². The lowest BCUT2D eigenvalue weighted by atomic mass is 10.0. The number of anilines is 1. The van der Waals surface area contributed by atoms with Gasteiger partial charge in [-0.2, -0.15) is 0 Å². The second kappa shape index (κ2) is 7.85. The minimum Gasteiger partial charge on any atom is -0.497 e. The van der Waals surface area contributed by atoms with Crippen molar-refractivity contribution in [2.24, 2.45) is 5.92 Å². The molecule has 0 unspecified atom stereocenters. The number of ether oxygens (including phenoxy) is 1. The molecule has 0 aliphatic carbocycles. The maximum Gasteiger partial charge on any atom is 0.323 e. The molecule has 1 amide bonds. The van der Waals surface area contributed by atoms with Crippen molar-refractivity contribution in [2.75, 3.05) is 38.2 Å². The zero-order chi connectivity index (χ0) is 16.8. The lowest BCUT2D eigenvalue weighted by molar-refractivity contribution is -0.135. The van der Waals surface area contributed by atoms with Crippen LogP contribution in [0.2, 0.25) is 0 Å². The molecule has 6 heteroatoms. The minimum atomic E-state index is -0.958. The third-order valence-corrected chi connectivity index (χ3v) is 4.10. The maximum atomic E-state index is 12.5. The first-order valence-corrected chi connectivity index (χ1v) is 7.88. The molecule has 1 fully saturated rings. The lowest BCUT2D eigenvalue weighted by Gasteiger charge is -2.33. The van der Waals surface area contributed by atoms with Crippen LogP contribution in [0.15, 0.2) is 24.3 Å². The van der Waals surface area contributed by atoms with E-state index < -0.39 is 5.97 Å². The largest absolute Gasteiger partial charge is 0.497 e. The Morgan fingerprint density at radius 2 is 2.00 bits per heavy atom. The zero-order valence-electron chi connectivity index (χ0n) is 13.7. The topological polar surface area (TPSA) is 70.1 Å². The van der Waals surface area contributed by atoms with Crippen molar-refractivity contribution in [1.29, 1.82) is 0 Å². The predicted molar refractivity (Wildman–Crippen MR) is 87.8 cm³/mol. The molecule has 1 aromatic carbocycles. The van der Waals surface area contributed by atoms with Gasteiger partial charge < -0.3 is 19.6 Å². The summed E-state index contributed by atoms with van der Waals surface area (Å²) in [5, 5.41) is 9.12. The SMILES string of the molecule is COc1ccc(N(CC(=O)O)CC(=O)N2CCC[C@H](C)C2)cc1. The minimum absolute atomic E-state index is 0.0198. The van der Waals surface area contributed by atoms with Crippen molar-refractivity contribution in [3.63, 3.8) is 0 Å². The Morgan fingerprint density at radius 1 is 1.30 bits per heavy atom. The summed E-state index contributed by atoms with van der Waals surface area (Å²) in [6, 6.07) is 7.07. The molecule has 0 bridgehead atoms. The third kappa shape index (κ3) is 4.87. The van der Waals surface area contributed by atoms with Crippen LogP contribution in [0.5, 0.6) is 5.75 Å². The average molecular weight is 320 g/mol. The van der Waals surface area contributed by atoms with E-state index in [1.165, 1.54) is 0 Å². The molecule has 23 heavy (non-hydrogen) atoms. The normalized spacial score (nSPS) is 17.7. The third-order valence-electron chi connectivity index (χ3n) is 4.10. The Bertz CT molecular complexity index is 544. The summed E-state index contributed by atoms with van der Waals surface area (Å²) in [6.45, 7) is 3.51. The molecule has 0 aromatic heterocycles. The number of piperidine rings is 1. The highest BCUT2D eigenvalue weighted by Gasteiger charge is 2.23. The standard InChI is InChI=1S/C17H24N2O4/c1-13-4-3-9-18(10-13)16(20)11-19(12-17(21)22)14-5-7-15(23-2)8-6-14/h5-8,13H,3-4,9-12H2,1-2H3,(H,21,22)/t13-/m0/s1. The van der Waals surface area contributed by atoms with Gasteiger partial charge in [0.1, 0.15) is 12.3 Å². The van der Waals surface area contributed by atoms with Crippen LogP contribution < -0.4 is 9.64 Å². The van der Waals surface area contributed by atoms with Gasteiger partial charge in [-0.15, -0.1) is 0 Å². The van der Waals surface area contributed by atoms with Gasteiger partial charge in [-0.3, -0.25) is 9.59 Å². The van der Waals surface area contributed by atoms with Crippen LogP contribution in [0.1, 0.15) is 19.8 Å². The molecule has 1 atom stereocenters. The first kappa shape index (κ1) is 17.1. The molecule has 0 spiro atoms. The van der Waals surface area contributed by atoms with Crippen LogP contribution in [0.3, 0.4) is 0 Å². The van der Waals surface area contributed by atoms with Gasteiger partial charge in [-0.05, 0) is 43.0 Å². The van der Waals surface area contributed by atoms with Gasteiger partial charge in [0.2, 0.25) is 5.91 Å². The Hall–Kier alpha value is -2.24. The second-order valence-corrected chi connectivity index (χ2v) is 6.03. The molecule has 1 heterocycles. The number of rotatable bonds is 6. The van der Waals surface area contributed by atoms with E-state index in [2.05, 4.69) is 6.92 Å². The summed E-state index contributed by atoms with van der Waals surface area (Å²) in [5.41, 5.74) is 0.701. The Kier molecular flexibility index (Phi) is 5.84. The van der Waals surface area contributed by atoms with Gasteiger partial charge in [0, 0.05) is 18.8 Å². The first-order valence-electron chi connectivity index (χ1n) is 7.88. The van der Waals surface area contributed by atoms with Gasteiger partial charge >= 0.3 is 5.97 Å². The van der Waals surface area contributed by atoms with Gasteiger partial charge in [0.15, 0.2) is 0 Å². The fourth-order valence-electron chi connectivity index (χ4n) is 2.87. The number of hydrogen-bond acceptors (Lipinski definition) is 4. The molecule has 1 aromatic rings. The lowest BCUT2D eigenvalue weighted by Crippen LogP contribution is -2.45. The van der Waals surface area contributed by atoms with Crippen LogP contribution in [-0.4, -0.2) is 55.2 Å². The molecule has 1 N–H and O–H groups in total. The number of carbonyl (C=O) groups is 2. The molecule has 126 valence electrons. The van der Waals surface area contributed by atoms with E-state index in [0.29, 0.717) is 17.4 Å². The highest BCUT2D eigenvalue weighted by atomic mass is 16.5. The summed E-state index contributed by atoms with van der Waals surface area (Å²) in [6.07, 6.45) is 2.15. The number of methoxy groups -OCH3 is 1. The van der Waals surface area contributed by atoms with Gasteiger partial charge in [-0.1, -0.05) is 6.92 Å². The van der Waals surface area contributed by atoms with Crippen molar-refractivity contribution in [2.45, 2.75) is 19.8 Å². The number of nitrogens with zero attached hydrogens (tertiary/aromatic N) is 2. The highest BCUT2D eigenvalue weighted by molar-refractivity contribution is 5.84. The molecule has 1 aliphatic rings. The van der Waals surface area contributed by atoms with Gasteiger partial charge in [0.25, 0.3) is 0 Å². The van der Waals surface area contributed by atoms with Crippen LogP contribution in [-0.2, 0) is 9.59 Å². The van der Waals surface area contributed by atoms with Crippen LogP contribution >= 0.6 is 0 Å². The number of amides is 1. The first-order chi connectivity index (χ1) is 11.0. The number of aliphatic carboxylic acids is 1. The average Bonchev–Trinajstić information content (AvgIpc) is 2.54. The molecule has 2 rings (SSSR count). The smallest absolute Gasteiger partial charge is 0.323 e. The number of benzene rings is 1. The quantitative estimate of drug-likeness (QED) is 0.866. The molecule has 1 saturated heterocycles. The van der Waals surface area contributed by atoms with E-state index in [9.17, 15) is 9.59 Å². The fourth-order valence-corrected chi connectivity index (χ4v) is 2.87. The summed E-state index contributed by atoms with van der Waals surface area (Å²) in [4.78, 5) is 27.0. The van der Waals surface area contributed by atoms with E-state index >= 15 is 0 Å². The van der Waals surface area contributed by atoms with Gasteiger partial charge in [-0.25, -0.2) is 0 Å². The summed E-state index contributed by atoms with van der Waals surface area (Å²) >= 11 is 0. The van der Waals surface area contributed by atoms with E-state index in [4.69, 9.17) is 9.84 Å². The molecule has 1 aliphatic heterocycles. The highest BCUT2D eigenvalue weighted by Crippen LogP contribution is 2.20. The number of carbonyl (C=O) groups excluding carboxylic acids is 1. The summed E-state index contributed by atoms with van der Waals surface area (Å²) in [7, 11) is 1.57. The van der Waals surface area contributed by atoms with E-state index in [1.54, 1.807) is 36.3 Å². The molecular formula is C17H24N2O4. The van der Waals surface area contributed by atoms with E-state index in [0.717, 1.165) is 25.9 Å². The Labute approximate surface area is 136 Å². The second-order valence-electron chi connectivity index (χ2n) is 6.03. The summed E-state index contributed by atoms with van der Waals surface area (Å²) < 4.78 is 5.11. The molecular weight excluding hydrogens is 296 g/mol. The van der Waals surface area contributed by atoms with Crippen LogP contribution in [0, 0.1) is 5.92 Å². The van der Waals surface area contributed by atoms with Crippen molar-refractivity contribution in [3.8, 4) is 5.75 Å². The summed E-state index contributed by atoms with van der Waals surface area (Å²) in [5.74, 6) is 0.219. The van der Waals surface area contributed by atoms with Crippen molar-refractivity contribution in [1.82, 2.24) is 4.90 Å². The Morgan fingerprint density at radius 3 is 2.57 bits per heavy atom. The van der Waals surface area contributed by atoms with Gasteiger partial charge in [0.05, 0.1) is 13.7 Å². The zero-order valence-corrected chi connectivity index (χ0v) is 13.7. The van der Waals surface area contributed by atoms with E-state index in [-0.39, 0.29) is 19.0 Å². The number of hydrogen-bond donors (Lipinski definition) is 1. The van der Waals surface area contributed by atoms with Crippen LogP contribution in [0.4, 0.5) is 5.69 Å². The molecule has 0 saturated carbocycles. The number of likely N-dealkylation sites (tertiary alicyclic amines) is 1. The fraction of sp³-hybridized carbons (Fsp3) is 0.529. The van der Waals surface area contributed by atoms with Crippen molar-refractivity contribution in [3.05, 3.63) is 24.3 Å². The van der Waals surface area contributed by atoms with Crippen LogP contribution in [0.25, 0.3) is 0 Å². The van der Waals surface area contributed by atoms with E-state index in [1.807, 2.05) is 4.90 Å². The Balaban J connectivity index is 2.08. The monoisotopic (exact) mass is 320 g/mol. The maximum absolute atomic E-state index is 12.5.